The molecule has 1 amide bonds. The number of carbonyl (C=O) groups is 1. The lowest BCUT2D eigenvalue weighted by Crippen LogP contribution is -2.13. The predicted molar refractivity (Wildman–Crippen MR) is 96.6 cm³/mol. The summed E-state index contributed by atoms with van der Waals surface area (Å²) in [4.78, 5) is 12.5. The van der Waals surface area contributed by atoms with Crippen molar-refractivity contribution in [2.45, 2.75) is 20.4 Å². The summed E-state index contributed by atoms with van der Waals surface area (Å²) in [6.45, 7) is 4.20. The number of aromatic nitrogens is 2. The average Bonchev–Trinajstić information content (AvgIpc) is 2.83. The van der Waals surface area contributed by atoms with Crippen LogP contribution in [0.3, 0.4) is 0 Å². The lowest BCUT2D eigenvalue weighted by molar-refractivity contribution is 0.102. The summed E-state index contributed by atoms with van der Waals surface area (Å²) in [5.74, 6) is -0.834. The Hall–Kier alpha value is -2.66. The van der Waals surface area contributed by atoms with Crippen LogP contribution in [0.1, 0.15) is 27.2 Å². The zero-order valence-electron chi connectivity index (χ0n) is 13.9. The molecule has 3 rings (SSSR count). The number of halogens is 2. The summed E-state index contributed by atoms with van der Waals surface area (Å²) in [5, 5.41) is 7.26. The fourth-order valence-corrected chi connectivity index (χ4v) is 2.86. The highest BCUT2D eigenvalue weighted by atomic mass is 35.5. The highest BCUT2D eigenvalue weighted by Gasteiger charge is 2.20. The Morgan fingerprint density at radius 2 is 1.92 bits per heavy atom. The van der Waals surface area contributed by atoms with Gasteiger partial charge in [-0.2, -0.15) is 5.10 Å². The fraction of sp³-hybridized carbons (Fsp3) is 0.158. The first-order valence-corrected chi connectivity index (χ1v) is 8.17. The smallest absolute Gasteiger partial charge is 0.260 e. The van der Waals surface area contributed by atoms with E-state index in [1.807, 2.05) is 31.2 Å². The molecule has 3 aromatic rings. The molecule has 0 saturated carbocycles. The quantitative estimate of drug-likeness (QED) is 0.742. The average molecular weight is 358 g/mol. The van der Waals surface area contributed by atoms with Crippen LogP contribution >= 0.6 is 11.6 Å². The van der Waals surface area contributed by atoms with Gasteiger partial charge >= 0.3 is 0 Å². The standard InChI is InChI=1S/C19H17ClFN3O/c1-12-6-8-14(9-7-12)11-24-18(20)17(13(2)23-24)19(25)22-16-5-3-4-15(21)10-16/h3-10H,11H2,1-2H3,(H,22,25). The molecule has 0 unspecified atom stereocenters. The molecule has 0 saturated heterocycles. The molecular formula is C19H17ClFN3O. The highest BCUT2D eigenvalue weighted by molar-refractivity contribution is 6.33. The first kappa shape index (κ1) is 17.2. The van der Waals surface area contributed by atoms with E-state index in [-0.39, 0.29) is 10.7 Å². The molecule has 0 aliphatic heterocycles. The first-order valence-electron chi connectivity index (χ1n) is 7.79. The van der Waals surface area contributed by atoms with Crippen LogP contribution in [0.4, 0.5) is 10.1 Å². The van der Waals surface area contributed by atoms with Crippen LogP contribution in [0.15, 0.2) is 48.5 Å². The number of nitrogens with zero attached hydrogens (tertiary/aromatic N) is 2. The molecule has 1 heterocycles. The van der Waals surface area contributed by atoms with Gasteiger partial charge in [0.15, 0.2) is 0 Å². The summed E-state index contributed by atoms with van der Waals surface area (Å²) in [7, 11) is 0. The summed E-state index contributed by atoms with van der Waals surface area (Å²) in [6.07, 6.45) is 0. The van der Waals surface area contributed by atoms with Crippen LogP contribution < -0.4 is 5.32 Å². The molecule has 0 radical (unpaired) electrons. The van der Waals surface area contributed by atoms with Gasteiger partial charge in [-0.15, -0.1) is 0 Å². The largest absolute Gasteiger partial charge is 0.322 e. The van der Waals surface area contributed by atoms with Gasteiger partial charge in [0.25, 0.3) is 5.91 Å². The van der Waals surface area contributed by atoms with E-state index in [4.69, 9.17) is 11.6 Å². The van der Waals surface area contributed by atoms with E-state index in [9.17, 15) is 9.18 Å². The second-order valence-electron chi connectivity index (χ2n) is 5.86. The van der Waals surface area contributed by atoms with E-state index in [0.717, 1.165) is 5.56 Å². The summed E-state index contributed by atoms with van der Waals surface area (Å²) in [6, 6.07) is 13.7. The number of aryl methyl sites for hydroxylation is 2. The maximum Gasteiger partial charge on any atom is 0.260 e. The van der Waals surface area contributed by atoms with E-state index in [1.54, 1.807) is 17.7 Å². The van der Waals surface area contributed by atoms with Gasteiger partial charge < -0.3 is 5.32 Å². The van der Waals surface area contributed by atoms with Crippen LogP contribution in [0.2, 0.25) is 5.15 Å². The first-order chi connectivity index (χ1) is 11.9. The molecule has 6 heteroatoms. The minimum atomic E-state index is -0.421. The number of nitrogens with one attached hydrogen (secondary N) is 1. The lowest BCUT2D eigenvalue weighted by Gasteiger charge is -2.06. The van der Waals surface area contributed by atoms with Crippen molar-refractivity contribution in [1.82, 2.24) is 9.78 Å². The van der Waals surface area contributed by atoms with Crippen LogP contribution in [-0.2, 0) is 6.54 Å². The van der Waals surface area contributed by atoms with Crippen molar-refractivity contribution in [3.05, 3.63) is 81.9 Å². The predicted octanol–water partition coefficient (Wildman–Crippen LogP) is 4.59. The van der Waals surface area contributed by atoms with Gasteiger partial charge in [-0.05, 0) is 37.6 Å². The Labute approximate surface area is 150 Å². The molecule has 25 heavy (non-hydrogen) atoms. The second-order valence-corrected chi connectivity index (χ2v) is 6.22. The van der Waals surface area contributed by atoms with E-state index >= 15 is 0 Å². The Kier molecular flexibility index (Phi) is 4.86. The van der Waals surface area contributed by atoms with Crippen molar-refractivity contribution < 1.29 is 9.18 Å². The monoisotopic (exact) mass is 357 g/mol. The maximum absolute atomic E-state index is 13.3. The summed E-state index contributed by atoms with van der Waals surface area (Å²) in [5.41, 5.74) is 3.38. The van der Waals surface area contributed by atoms with Crippen LogP contribution in [-0.4, -0.2) is 15.7 Å². The number of anilines is 1. The van der Waals surface area contributed by atoms with Crippen molar-refractivity contribution in [2.75, 3.05) is 5.32 Å². The van der Waals surface area contributed by atoms with Crippen molar-refractivity contribution in [2.24, 2.45) is 0 Å². The van der Waals surface area contributed by atoms with Gasteiger partial charge in [0.2, 0.25) is 0 Å². The number of hydrogen-bond acceptors (Lipinski definition) is 2. The van der Waals surface area contributed by atoms with Crippen LogP contribution in [0.5, 0.6) is 0 Å². The molecule has 0 bridgehead atoms. The molecule has 0 aliphatic rings. The zero-order chi connectivity index (χ0) is 18.0. The summed E-state index contributed by atoms with van der Waals surface area (Å²) >= 11 is 6.37. The van der Waals surface area contributed by atoms with Crippen molar-refractivity contribution in [1.29, 1.82) is 0 Å². The van der Waals surface area contributed by atoms with E-state index in [0.29, 0.717) is 17.9 Å². The molecule has 4 nitrogen and oxygen atoms in total. The molecule has 0 aliphatic carbocycles. The summed E-state index contributed by atoms with van der Waals surface area (Å²) < 4.78 is 14.8. The molecular weight excluding hydrogens is 341 g/mol. The maximum atomic E-state index is 13.3. The number of hydrogen-bond donors (Lipinski definition) is 1. The molecule has 1 N–H and O–H groups in total. The molecule has 0 spiro atoms. The van der Waals surface area contributed by atoms with Gasteiger partial charge in [-0.1, -0.05) is 47.5 Å². The van der Waals surface area contributed by atoms with E-state index in [2.05, 4.69) is 10.4 Å². The minimum absolute atomic E-state index is 0.256. The number of rotatable bonds is 4. The minimum Gasteiger partial charge on any atom is -0.322 e. The van der Waals surface area contributed by atoms with Gasteiger partial charge in [0.05, 0.1) is 17.8 Å². The van der Waals surface area contributed by atoms with Gasteiger partial charge in [0, 0.05) is 5.69 Å². The Balaban J connectivity index is 1.83. The Morgan fingerprint density at radius 1 is 1.20 bits per heavy atom. The Morgan fingerprint density at radius 3 is 2.60 bits per heavy atom. The van der Waals surface area contributed by atoms with Gasteiger partial charge in [-0.25, -0.2) is 9.07 Å². The third-order valence-corrected chi connectivity index (χ3v) is 4.21. The number of carbonyl (C=O) groups excluding carboxylic acids is 1. The van der Waals surface area contributed by atoms with Crippen molar-refractivity contribution in [3.8, 4) is 0 Å². The Bertz CT molecular complexity index is 919. The third kappa shape index (κ3) is 3.88. The topological polar surface area (TPSA) is 46.9 Å². The van der Waals surface area contributed by atoms with Gasteiger partial charge in [0.1, 0.15) is 11.0 Å². The second kappa shape index (κ2) is 7.07. The lowest BCUT2D eigenvalue weighted by atomic mass is 10.1. The molecule has 0 fully saturated rings. The number of benzene rings is 2. The molecule has 128 valence electrons. The molecule has 2 aromatic carbocycles. The highest BCUT2D eigenvalue weighted by Crippen LogP contribution is 2.22. The van der Waals surface area contributed by atoms with Crippen molar-refractivity contribution >= 4 is 23.2 Å². The normalized spacial score (nSPS) is 10.7. The van der Waals surface area contributed by atoms with Gasteiger partial charge in [-0.3, -0.25) is 4.79 Å². The van der Waals surface area contributed by atoms with E-state index in [1.165, 1.54) is 23.8 Å². The SMILES string of the molecule is Cc1ccc(Cn2nc(C)c(C(=O)Nc3cccc(F)c3)c2Cl)cc1. The van der Waals surface area contributed by atoms with Crippen molar-refractivity contribution in [3.63, 3.8) is 0 Å². The fourth-order valence-electron chi connectivity index (χ4n) is 2.54. The molecule has 0 atom stereocenters. The molecule has 1 aromatic heterocycles. The third-order valence-electron chi connectivity index (χ3n) is 3.83. The van der Waals surface area contributed by atoms with Crippen LogP contribution in [0.25, 0.3) is 0 Å². The number of amides is 1. The zero-order valence-corrected chi connectivity index (χ0v) is 14.6. The van der Waals surface area contributed by atoms with E-state index < -0.39 is 11.7 Å². The van der Waals surface area contributed by atoms with Crippen LogP contribution in [0, 0.1) is 19.7 Å².